The lowest BCUT2D eigenvalue weighted by molar-refractivity contribution is 0.479. The minimum atomic E-state index is -0.713. The van der Waals surface area contributed by atoms with Gasteiger partial charge in [0.2, 0.25) is 0 Å². The standard InChI is InChI=1S/C21H23OP/c1-17(2)16-21(14-8-9-15-21)23(18-10-4-3-5-11-18)20-13-7-6-12-19(20)22/h3-15,17,22H,16H2,1-2H3. The third kappa shape index (κ3) is 3.26. The smallest absolute Gasteiger partial charge is 0.123 e. The van der Waals surface area contributed by atoms with Crippen LogP contribution in [-0.4, -0.2) is 10.3 Å². The molecule has 2 heteroatoms. The predicted molar refractivity (Wildman–Crippen MR) is 101 cm³/mol. The number of rotatable bonds is 5. The number of benzene rings is 2. The second kappa shape index (κ2) is 6.72. The number of allylic oxidation sites excluding steroid dienone is 4. The summed E-state index contributed by atoms with van der Waals surface area (Å²) in [4.78, 5) is 0. The first-order chi connectivity index (χ1) is 11.1. The van der Waals surface area contributed by atoms with Crippen LogP contribution in [0, 0.1) is 5.92 Å². The van der Waals surface area contributed by atoms with Gasteiger partial charge in [-0.1, -0.05) is 86.7 Å². The zero-order valence-electron chi connectivity index (χ0n) is 13.7. The first-order valence-electron chi connectivity index (χ1n) is 8.13. The van der Waals surface area contributed by atoms with E-state index in [1.54, 1.807) is 6.07 Å². The zero-order valence-corrected chi connectivity index (χ0v) is 14.6. The summed E-state index contributed by atoms with van der Waals surface area (Å²) >= 11 is 0. The summed E-state index contributed by atoms with van der Waals surface area (Å²) in [6.07, 6.45) is 10.0. The van der Waals surface area contributed by atoms with Crippen LogP contribution in [0.2, 0.25) is 0 Å². The highest BCUT2D eigenvalue weighted by Gasteiger charge is 2.39. The maximum Gasteiger partial charge on any atom is 0.123 e. The maximum absolute atomic E-state index is 10.5. The van der Waals surface area contributed by atoms with E-state index in [-0.39, 0.29) is 5.16 Å². The van der Waals surface area contributed by atoms with Crippen LogP contribution >= 0.6 is 7.92 Å². The minimum Gasteiger partial charge on any atom is -0.507 e. The molecule has 1 N–H and O–H groups in total. The monoisotopic (exact) mass is 322 g/mol. The summed E-state index contributed by atoms with van der Waals surface area (Å²) in [5, 5.41) is 12.9. The second-order valence-corrected chi connectivity index (χ2v) is 8.97. The molecule has 0 radical (unpaired) electrons. The first-order valence-corrected chi connectivity index (χ1v) is 9.47. The Kier molecular flexibility index (Phi) is 4.68. The van der Waals surface area contributed by atoms with Gasteiger partial charge in [-0.05, 0) is 31.6 Å². The largest absolute Gasteiger partial charge is 0.507 e. The number of phenolic OH excluding ortho intramolecular Hbond substituents is 1. The fourth-order valence-corrected chi connectivity index (χ4v) is 6.60. The van der Waals surface area contributed by atoms with E-state index >= 15 is 0 Å². The van der Waals surface area contributed by atoms with Crippen molar-refractivity contribution in [2.75, 3.05) is 0 Å². The molecule has 1 aliphatic carbocycles. The Morgan fingerprint density at radius 1 is 0.913 bits per heavy atom. The number of phenols is 1. The van der Waals surface area contributed by atoms with E-state index in [2.05, 4.69) is 74.5 Å². The number of aromatic hydroxyl groups is 1. The molecule has 1 nitrogen and oxygen atoms in total. The molecular weight excluding hydrogens is 299 g/mol. The fourth-order valence-electron chi connectivity index (χ4n) is 3.36. The van der Waals surface area contributed by atoms with Gasteiger partial charge in [-0.15, -0.1) is 0 Å². The Hall–Kier alpha value is -1.85. The summed E-state index contributed by atoms with van der Waals surface area (Å²) in [6.45, 7) is 4.54. The van der Waals surface area contributed by atoms with E-state index in [0.717, 1.165) is 11.7 Å². The van der Waals surface area contributed by atoms with Crippen LogP contribution in [0.15, 0.2) is 78.9 Å². The van der Waals surface area contributed by atoms with Gasteiger partial charge in [-0.25, -0.2) is 0 Å². The van der Waals surface area contributed by atoms with Crippen molar-refractivity contribution in [1.82, 2.24) is 0 Å². The molecule has 0 spiro atoms. The molecule has 1 aliphatic rings. The Morgan fingerprint density at radius 3 is 2.13 bits per heavy atom. The molecular formula is C21H23OP. The molecule has 2 aromatic rings. The SMILES string of the molecule is CC(C)CC1(P(c2ccccc2)c2ccccc2O)C=CC=C1. The molecule has 0 aliphatic heterocycles. The van der Waals surface area contributed by atoms with Gasteiger partial charge in [0.15, 0.2) is 0 Å². The van der Waals surface area contributed by atoms with Crippen LogP contribution in [-0.2, 0) is 0 Å². The lowest BCUT2D eigenvalue weighted by Gasteiger charge is -2.37. The molecule has 0 fully saturated rings. The molecule has 118 valence electrons. The van der Waals surface area contributed by atoms with Gasteiger partial charge in [0, 0.05) is 10.5 Å². The van der Waals surface area contributed by atoms with Crippen LogP contribution in [0.25, 0.3) is 0 Å². The highest BCUT2D eigenvalue weighted by molar-refractivity contribution is 7.75. The van der Waals surface area contributed by atoms with Crippen molar-refractivity contribution in [2.24, 2.45) is 5.92 Å². The van der Waals surface area contributed by atoms with Crippen molar-refractivity contribution < 1.29 is 5.11 Å². The summed E-state index contributed by atoms with van der Waals surface area (Å²) < 4.78 is 0. The predicted octanol–water partition coefficient (Wildman–Crippen LogP) is 4.74. The summed E-state index contributed by atoms with van der Waals surface area (Å²) in [5.74, 6) is 0.987. The van der Waals surface area contributed by atoms with Gasteiger partial charge >= 0.3 is 0 Å². The molecule has 3 rings (SSSR count). The van der Waals surface area contributed by atoms with E-state index in [0.29, 0.717) is 11.7 Å². The molecule has 0 bridgehead atoms. The van der Waals surface area contributed by atoms with E-state index in [9.17, 15) is 5.11 Å². The normalized spacial score (nSPS) is 16.8. The molecule has 0 aromatic heterocycles. The molecule has 23 heavy (non-hydrogen) atoms. The third-order valence-corrected chi connectivity index (χ3v) is 7.16. The molecule has 1 atom stereocenters. The molecule has 0 heterocycles. The average Bonchev–Trinajstić information content (AvgIpc) is 2.99. The summed E-state index contributed by atoms with van der Waals surface area (Å²) in [5.41, 5.74) is 0. The van der Waals surface area contributed by atoms with Crippen molar-refractivity contribution in [1.29, 1.82) is 0 Å². The summed E-state index contributed by atoms with van der Waals surface area (Å²) in [6, 6.07) is 18.4. The Bertz CT molecular complexity index is 704. The fraction of sp³-hybridized carbons (Fsp3) is 0.238. The highest BCUT2D eigenvalue weighted by Crippen LogP contribution is 2.55. The minimum absolute atomic E-state index is 0.0241. The van der Waals surface area contributed by atoms with E-state index in [4.69, 9.17) is 0 Å². The molecule has 0 amide bonds. The van der Waals surface area contributed by atoms with Gasteiger partial charge in [-0.3, -0.25) is 0 Å². The van der Waals surface area contributed by atoms with Crippen LogP contribution in [0.4, 0.5) is 0 Å². The lowest BCUT2D eigenvalue weighted by Crippen LogP contribution is -2.32. The van der Waals surface area contributed by atoms with Crippen molar-refractivity contribution in [3.63, 3.8) is 0 Å². The molecule has 1 unspecified atom stereocenters. The van der Waals surface area contributed by atoms with Crippen LogP contribution in [0.5, 0.6) is 5.75 Å². The zero-order chi connectivity index (χ0) is 16.3. The highest BCUT2D eigenvalue weighted by atomic mass is 31.1. The van der Waals surface area contributed by atoms with E-state index < -0.39 is 7.92 Å². The topological polar surface area (TPSA) is 20.2 Å². The molecule has 0 saturated carbocycles. The second-order valence-electron chi connectivity index (χ2n) is 6.47. The van der Waals surface area contributed by atoms with Crippen molar-refractivity contribution in [3.05, 3.63) is 78.9 Å². The Labute approximate surface area is 140 Å². The van der Waals surface area contributed by atoms with Crippen molar-refractivity contribution in [3.8, 4) is 5.75 Å². The Morgan fingerprint density at radius 2 is 1.52 bits per heavy atom. The quantitative estimate of drug-likeness (QED) is 0.789. The van der Waals surface area contributed by atoms with Crippen LogP contribution < -0.4 is 10.6 Å². The molecule has 0 saturated heterocycles. The van der Waals surface area contributed by atoms with Gasteiger partial charge in [0.05, 0.1) is 0 Å². The van der Waals surface area contributed by atoms with Gasteiger partial charge in [0.25, 0.3) is 0 Å². The maximum atomic E-state index is 10.5. The first kappa shape index (κ1) is 16.0. The van der Waals surface area contributed by atoms with E-state index in [1.807, 2.05) is 12.1 Å². The van der Waals surface area contributed by atoms with Crippen LogP contribution in [0.1, 0.15) is 20.3 Å². The van der Waals surface area contributed by atoms with Gasteiger partial charge < -0.3 is 5.11 Å². The number of para-hydroxylation sites is 1. The summed E-state index contributed by atoms with van der Waals surface area (Å²) in [7, 11) is -0.713. The number of hydrogen-bond acceptors (Lipinski definition) is 1. The van der Waals surface area contributed by atoms with E-state index in [1.165, 1.54) is 5.30 Å². The Balaban J connectivity index is 2.18. The van der Waals surface area contributed by atoms with Gasteiger partial charge in [-0.2, -0.15) is 0 Å². The number of hydrogen-bond donors (Lipinski definition) is 1. The third-order valence-electron chi connectivity index (χ3n) is 4.17. The lowest BCUT2D eigenvalue weighted by atomic mass is 9.97. The van der Waals surface area contributed by atoms with Gasteiger partial charge in [0.1, 0.15) is 5.75 Å². The van der Waals surface area contributed by atoms with Crippen molar-refractivity contribution >= 4 is 18.5 Å². The van der Waals surface area contributed by atoms with Crippen molar-refractivity contribution in [2.45, 2.75) is 25.4 Å². The molecule has 2 aromatic carbocycles. The average molecular weight is 322 g/mol. The van der Waals surface area contributed by atoms with Crippen LogP contribution in [0.3, 0.4) is 0 Å².